The first-order valence-electron chi connectivity index (χ1n) is 8.02. The number of sulfonamides is 1. The average molecular weight is 420 g/mol. The molecule has 0 bridgehead atoms. The summed E-state index contributed by atoms with van der Waals surface area (Å²) in [5.74, 6) is -1.82. The highest BCUT2D eigenvalue weighted by molar-refractivity contribution is 7.89. The maximum atomic E-state index is 12.3. The molecule has 3 N–H and O–H groups in total. The molecule has 0 heterocycles. The van der Waals surface area contributed by atoms with Crippen LogP contribution in [0.4, 0.5) is 4.79 Å². The molecule has 0 aliphatic carbocycles. The van der Waals surface area contributed by atoms with Crippen molar-refractivity contribution < 1.29 is 27.5 Å². The molecule has 1 aromatic rings. The van der Waals surface area contributed by atoms with Crippen molar-refractivity contribution in [2.75, 3.05) is 0 Å². The fraction of sp³-hybridized carbons (Fsp3) is 0.438. The first kappa shape index (κ1) is 22.9. The largest absolute Gasteiger partial charge is 0.451 e. The number of ether oxygens (including phenoxy) is 1. The van der Waals surface area contributed by atoms with Gasteiger partial charge in [-0.1, -0.05) is 17.7 Å². The lowest BCUT2D eigenvalue weighted by Crippen LogP contribution is -2.48. The third kappa shape index (κ3) is 7.53. The van der Waals surface area contributed by atoms with E-state index in [0.29, 0.717) is 0 Å². The molecule has 9 nitrogen and oxygen atoms in total. The van der Waals surface area contributed by atoms with E-state index in [9.17, 15) is 22.8 Å². The third-order valence-electron chi connectivity index (χ3n) is 3.11. The summed E-state index contributed by atoms with van der Waals surface area (Å²) in [6.07, 6.45) is -1.30. The molecule has 1 rings (SSSR count). The predicted octanol–water partition coefficient (Wildman–Crippen LogP) is 1.17. The minimum Gasteiger partial charge on any atom is -0.451 e. The molecule has 0 aliphatic rings. The highest BCUT2D eigenvalue weighted by atomic mass is 35.5. The zero-order valence-corrected chi connectivity index (χ0v) is 16.8. The molecule has 0 saturated carbocycles. The van der Waals surface area contributed by atoms with Crippen LogP contribution in [-0.2, 0) is 24.3 Å². The summed E-state index contributed by atoms with van der Waals surface area (Å²) in [6.45, 7) is 5.94. The molecular formula is C16H22ClN3O6S. The van der Waals surface area contributed by atoms with Crippen molar-refractivity contribution in [1.29, 1.82) is 0 Å². The fourth-order valence-corrected chi connectivity index (χ4v) is 3.32. The van der Waals surface area contributed by atoms with Crippen molar-refractivity contribution in [2.45, 2.75) is 50.8 Å². The van der Waals surface area contributed by atoms with Crippen LogP contribution < -0.4 is 15.4 Å². The maximum Gasteiger partial charge on any atom is 0.324 e. The number of carbonyl (C=O) groups is 3. The van der Waals surface area contributed by atoms with Gasteiger partial charge in [-0.15, -0.1) is 0 Å². The normalized spacial score (nSPS) is 13.6. The van der Waals surface area contributed by atoms with Crippen LogP contribution in [0.1, 0.15) is 27.7 Å². The molecule has 0 aliphatic heterocycles. The van der Waals surface area contributed by atoms with Gasteiger partial charge in [0.15, 0.2) is 6.10 Å². The summed E-state index contributed by atoms with van der Waals surface area (Å²) >= 11 is 5.77. The smallest absolute Gasteiger partial charge is 0.324 e. The first-order chi connectivity index (χ1) is 12.4. The second kappa shape index (κ2) is 9.67. The molecule has 0 radical (unpaired) electrons. The third-order valence-corrected chi connectivity index (χ3v) is 4.88. The van der Waals surface area contributed by atoms with Gasteiger partial charge in [-0.3, -0.25) is 14.9 Å². The minimum atomic E-state index is -4.02. The summed E-state index contributed by atoms with van der Waals surface area (Å²) in [5.41, 5.74) is 0. The average Bonchev–Trinajstić information content (AvgIpc) is 2.53. The Balaban J connectivity index is 2.65. The van der Waals surface area contributed by atoms with E-state index in [1.807, 2.05) is 5.32 Å². The lowest BCUT2D eigenvalue weighted by molar-refractivity contribution is -0.155. The number of benzene rings is 1. The topological polar surface area (TPSA) is 131 Å². The fourth-order valence-electron chi connectivity index (χ4n) is 1.82. The van der Waals surface area contributed by atoms with E-state index in [4.69, 9.17) is 16.3 Å². The van der Waals surface area contributed by atoms with Gasteiger partial charge in [0, 0.05) is 11.1 Å². The molecule has 2 atom stereocenters. The standard InChI is InChI=1S/C16H22ClN3O6S/c1-9(2)18-16(23)19-14(21)11(4)26-15(22)10(3)20-27(24,25)13-7-5-6-12(17)8-13/h5-11,20H,1-4H3,(H2,18,19,21,23)/t10-,11+/m0/s1. The van der Waals surface area contributed by atoms with Crippen LogP contribution in [0.5, 0.6) is 0 Å². The molecule has 3 amide bonds. The molecule has 0 unspecified atom stereocenters. The van der Waals surface area contributed by atoms with E-state index in [-0.39, 0.29) is 16.0 Å². The van der Waals surface area contributed by atoms with Gasteiger partial charge >= 0.3 is 12.0 Å². The summed E-state index contributed by atoms with van der Waals surface area (Å²) in [7, 11) is -4.02. The summed E-state index contributed by atoms with van der Waals surface area (Å²) in [5, 5.41) is 4.68. The number of halogens is 1. The SMILES string of the molecule is CC(C)NC(=O)NC(=O)[C@@H](C)OC(=O)[C@H](C)NS(=O)(=O)c1cccc(Cl)c1. The Morgan fingerprint density at radius 2 is 1.74 bits per heavy atom. The number of carbonyl (C=O) groups excluding carboxylic acids is 3. The van der Waals surface area contributed by atoms with Gasteiger partial charge in [-0.25, -0.2) is 13.2 Å². The van der Waals surface area contributed by atoms with Crippen molar-refractivity contribution in [3.05, 3.63) is 29.3 Å². The number of hydrogen-bond acceptors (Lipinski definition) is 6. The molecular weight excluding hydrogens is 398 g/mol. The van der Waals surface area contributed by atoms with Crippen LogP contribution in [0.2, 0.25) is 5.02 Å². The zero-order chi connectivity index (χ0) is 20.8. The van der Waals surface area contributed by atoms with Crippen molar-refractivity contribution in [1.82, 2.24) is 15.4 Å². The number of amides is 3. The van der Waals surface area contributed by atoms with Crippen molar-refractivity contribution in [3.8, 4) is 0 Å². The maximum absolute atomic E-state index is 12.3. The Hall–Kier alpha value is -2.17. The number of nitrogens with one attached hydrogen (secondary N) is 3. The van der Waals surface area contributed by atoms with E-state index in [1.54, 1.807) is 13.8 Å². The van der Waals surface area contributed by atoms with E-state index in [1.165, 1.54) is 38.1 Å². The summed E-state index contributed by atoms with van der Waals surface area (Å²) in [6, 6.07) is 3.32. The van der Waals surface area contributed by atoms with Gasteiger partial charge in [-0.05, 0) is 45.9 Å². The van der Waals surface area contributed by atoms with Crippen molar-refractivity contribution in [2.24, 2.45) is 0 Å². The van der Waals surface area contributed by atoms with Gasteiger partial charge in [0.05, 0.1) is 4.90 Å². The first-order valence-corrected chi connectivity index (χ1v) is 9.88. The number of esters is 1. The second-order valence-corrected chi connectivity index (χ2v) is 8.15. The van der Waals surface area contributed by atoms with Crippen LogP contribution in [0.3, 0.4) is 0 Å². The number of urea groups is 1. The van der Waals surface area contributed by atoms with Crippen LogP contribution in [0, 0.1) is 0 Å². The highest BCUT2D eigenvalue weighted by Crippen LogP contribution is 2.15. The quantitative estimate of drug-likeness (QED) is 0.568. The number of hydrogen-bond donors (Lipinski definition) is 3. The molecule has 1 aromatic carbocycles. The molecule has 150 valence electrons. The Labute approximate surface area is 162 Å². The van der Waals surface area contributed by atoms with Crippen LogP contribution in [0.15, 0.2) is 29.2 Å². The molecule has 11 heteroatoms. The van der Waals surface area contributed by atoms with Crippen LogP contribution in [-0.4, -0.2) is 44.5 Å². The number of rotatable bonds is 7. The summed E-state index contributed by atoms with van der Waals surface area (Å²) < 4.78 is 31.6. The predicted molar refractivity (Wildman–Crippen MR) is 98.6 cm³/mol. The molecule has 27 heavy (non-hydrogen) atoms. The van der Waals surface area contributed by atoms with E-state index >= 15 is 0 Å². The number of imide groups is 1. The monoisotopic (exact) mass is 419 g/mol. The molecule has 0 aromatic heterocycles. The minimum absolute atomic E-state index is 0.120. The van der Waals surface area contributed by atoms with Gasteiger partial charge < -0.3 is 10.1 Å². The van der Waals surface area contributed by atoms with Gasteiger partial charge in [0.25, 0.3) is 5.91 Å². The Bertz CT molecular complexity index is 812. The van der Waals surface area contributed by atoms with Crippen molar-refractivity contribution >= 4 is 39.5 Å². The molecule has 0 saturated heterocycles. The Morgan fingerprint density at radius 3 is 2.30 bits per heavy atom. The summed E-state index contributed by atoms with van der Waals surface area (Å²) in [4.78, 5) is 35.2. The molecule has 0 fully saturated rings. The zero-order valence-electron chi connectivity index (χ0n) is 15.3. The van der Waals surface area contributed by atoms with Gasteiger partial charge in [-0.2, -0.15) is 4.72 Å². The lowest BCUT2D eigenvalue weighted by Gasteiger charge is -2.18. The van der Waals surface area contributed by atoms with Gasteiger partial charge in [0.1, 0.15) is 6.04 Å². The highest BCUT2D eigenvalue weighted by Gasteiger charge is 2.27. The Morgan fingerprint density at radius 1 is 1.11 bits per heavy atom. The lowest BCUT2D eigenvalue weighted by atomic mass is 10.3. The Kier molecular flexibility index (Phi) is 8.20. The van der Waals surface area contributed by atoms with E-state index < -0.39 is 40.1 Å². The second-order valence-electron chi connectivity index (χ2n) is 6.00. The van der Waals surface area contributed by atoms with E-state index in [0.717, 1.165) is 0 Å². The van der Waals surface area contributed by atoms with Crippen molar-refractivity contribution in [3.63, 3.8) is 0 Å². The van der Waals surface area contributed by atoms with Gasteiger partial charge in [0.2, 0.25) is 10.0 Å². The van der Waals surface area contributed by atoms with E-state index in [2.05, 4.69) is 10.0 Å². The van der Waals surface area contributed by atoms with Crippen LogP contribution in [0.25, 0.3) is 0 Å². The van der Waals surface area contributed by atoms with Crippen LogP contribution >= 0.6 is 11.6 Å². The molecule has 0 spiro atoms.